The summed E-state index contributed by atoms with van der Waals surface area (Å²) in [4.78, 5) is 15.0. The van der Waals surface area contributed by atoms with Crippen LogP contribution in [0.4, 0.5) is 4.79 Å². The molecule has 2 fully saturated rings. The predicted molar refractivity (Wildman–Crippen MR) is 187 cm³/mol. The van der Waals surface area contributed by atoms with Gasteiger partial charge in [0.15, 0.2) is 6.29 Å². The second kappa shape index (κ2) is 16.4. The number of aliphatic hydroxyl groups is 1. The van der Waals surface area contributed by atoms with E-state index in [0.29, 0.717) is 19.1 Å². The van der Waals surface area contributed by atoms with Crippen LogP contribution in [0.25, 0.3) is 11.1 Å². The van der Waals surface area contributed by atoms with Gasteiger partial charge < -0.3 is 30.0 Å². The summed E-state index contributed by atoms with van der Waals surface area (Å²) in [5.41, 5.74) is 7.08. The third-order valence-corrected chi connectivity index (χ3v) is 9.56. The van der Waals surface area contributed by atoms with Gasteiger partial charge in [0.25, 0.3) is 0 Å². The standard InChI is InChI=1S/C40H47N3O5/c1-28-37(25-43-20-8-15-36(43)27-46-2)47-39(48-38(28)32-18-16-30(26-44)17-19-32)35-14-7-13-34(22-35)33-12-6-11-31(21-33)24-42-40(45)41-23-29-9-4-3-5-10-29/h3-7,9-14,16-19,21-22,28,36-39,44H,8,15,20,23-27H2,1-2H3,(H2,41,42,45)/t28-,36+,37+,38+,39+/m1/s1. The van der Waals surface area contributed by atoms with E-state index in [4.69, 9.17) is 14.2 Å². The fourth-order valence-electron chi connectivity index (χ4n) is 6.82. The molecular formula is C40H47N3O5. The Morgan fingerprint density at radius 3 is 2.29 bits per heavy atom. The number of nitrogens with one attached hydrogen (secondary N) is 2. The maximum Gasteiger partial charge on any atom is 0.315 e. The van der Waals surface area contributed by atoms with Gasteiger partial charge in [-0.3, -0.25) is 4.90 Å². The molecule has 5 atom stereocenters. The Morgan fingerprint density at radius 1 is 0.833 bits per heavy atom. The van der Waals surface area contributed by atoms with Gasteiger partial charge in [-0.1, -0.05) is 97.9 Å². The molecule has 252 valence electrons. The molecule has 0 aliphatic carbocycles. The number of carbonyl (C=O) groups excluding carboxylic acids is 1. The fraction of sp³-hybridized carbons (Fsp3) is 0.375. The number of benzene rings is 4. The van der Waals surface area contributed by atoms with E-state index in [9.17, 15) is 9.90 Å². The van der Waals surface area contributed by atoms with Gasteiger partial charge >= 0.3 is 6.03 Å². The number of urea groups is 1. The van der Waals surface area contributed by atoms with E-state index in [-0.39, 0.29) is 30.8 Å². The van der Waals surface area contributed by atoms with Gasteiger partial charge in [0.2, 0.25) is 0 Å². The molecule has 0 aromatic heterocycles. The molecule has 0 saturated carbocycles. The molecule has 2 aliphatic heterocycles. The van der Waals surface area contributed by atoms with Crippen LogP contribution in [0, 0.1) is 5.92 Å². The first-order chi connectivity index (χ1) is 23.5. The van der Waals surface area contributed by atoms with Crippen molar-refractivity contribution in [3.05, 3.63) is 131 Å². The Balaban J connectivity index is 1.18. The molecule has 2 heterocycles. The molecular weight excluding hydrogens is 602 g/mol. The number of hydrogen-bond donors (Lipinski definition) is 3. The smallest absolute Gasteiger partial charge is 0.315 e. The highest BCUT2D eigenvalue weighted by atomic mass is 16.7. The minimum absolute atomic E-state index is 0.0110. The van der Waals surface area contributed by atoms with Crippen LogP contribution in [0.1, 0.15) is 60.0 Å². The zero-order valence-electron chi connectivity index (χ0n) is 27.9. The highest BCUT2D eigenvalue weighted by molar-refractivity contribution is 5.74. The summed E-state index contributed by atoms with van der Waals surface area (Å²) in [5.74, 6) is 0.113. The number of nitrogens with zero attached hydrogens (tertiary/aromatic N) is 1. The summed E-state index contributed by atoms with van der Waals surface area (Å²) in [6.45, 7) is 5.69. The van der Waals surface area contributed by atoms with Crippen LogP contribution in [0.15, 0.2) is 103 Å². The van der Waals surface area contributed by atoms with Crippen molar-refractivity contribution in [1.82, 2.24) is 15.5 Å². The van der Waals surface area contributed by atoms with Crippen LogP contribution in [0.2, 0.25) is 0 Å². The second-order valence-corrected chi connectivity index (χ2v) is 12.9. The molecule has 3 N–H and O–H groups in total. The summed E-state index contributed by atoms with van der Waals surface area (Å²) in [7, 11) is 1.77. The maximum absolute atomic E-state index is 12.5. The van der Waals surface area contributed by atoms with Crippen molar-refractivity contribution >= 4 is 6.03 Å². The van der Waals surface area contributed by atoms with Gasteiger partial charge in [0, 0.05) is 44.3 Å². The van der Waals surface area contributed by atoms with Crippen LogP contribution in [0.3, 0.4) is 0 Å². The minimum Gasteiger partial charge on any atom is -0.392 e. The topological polar surface area (TPSA) is 92.3 Å². The van der Waals surface area contributed by atoms with Crippen LogP contribution in [-0.2, 0) is 33.9 Å². The highest BCUT2D eigenvalue weighted by Crippen LogP contribution is 2.43. The summed E-state index contributed by atoms with van der Waals surface area (Å²) in [6, 6.07) is 34.7. The Labute approximate surface area is 284 Å². The molecule has 8 nitrogen and oxygen atoms in total. The van der Waals surface area contributed by atoms with Crippen LogP contribution in [-0.4, -0.2) is 55.0 Å². The molecule has 0 radical (unpaired) electrons. The average molecular weight is 650 g/mol. The predicted octanol–water partition coefficient (Wildman–Crippen LogP) is 6.75. The molecule has 0 unspecified atom stereocenters. The van der Waals surface area contributed by atoms with Gasteiger partial charge in [-0.05, 0) is 64.9 Å². The molecule has 4 aromatic carbocycles. The maximum atomic E-state index is 12.5. The van der Waals surface area contributed by atoms with E-state index in [0.717, 1.165) is 71.5 Å². The SMILES string of the molecule is COC[C@@H]1CCCN1C[C@@H]1O[C@H](c2cccc(-c3cccc(CNC(=O)NCc4ccccc4)c3)c2)O[C@H](c2ccc(CO)cc2)[C@@H]1C. The molecule has 2 amide bonds. The lowest BCUT2D eigenvalue weighted by Gasteiger charge is -2.43. The van der Waals surface area contributed by atoms with Crippen molar-refractivity contribution in [2.45, 2.75) is 64.0 Å². The number of hydrogen-bond acceptors (Lipinski definition) is 6. The van der Waals surface area contributed by atoms with Crippen molar-refractivity contribution in [3.8, 4) is 11.1 Å². The fourth-order valence-corrected chi connectivity index (χ4v) is 6.82. The van der Waals surface area contributed by atoms with Gasteiger partial charge in [0.1, 0.15) is 0 Å². The summed E-state index contributed by atoms with van der Waals surface area (Å²) >= 11 is 0. The van der Waals surface area contributed by atoms with Gasteiger partial charge in [-0.15, -0.1) is 0 Å². The van der Waals surface area contributed by atoms with Gasteiger partial charge in [-0.2, -0.15) is 0 Å². The van der Waals surface area contributed by atoms with Crippen molar-refractivity contribution in [2.75, 3.05) is 26.8 Å². The lowest BCUT2D eigenvalue weighted by atomic mass is 9.89. The van der Waals surface area contributed by atoms with E-state index in [2.05, 4.69) is 64.9 Å². The molecule has 2 aliphatic rings. The number of amides is 2. The van der Waals surface area contributed by atoms with Crippen molar-refractivity contribution < 1.29 is 24.1 Å². The number of methoxy groups -OCH3 is 1. The first kappa shape index (κ1) is 33.8. The monoisotopic (exact) mass is 649 g/mol. The van der Waals surface area contributed by atoms with Gasteiger partial charge in [-0.25, -0.2) is 4.79 Å². The third-order valence-electron chi connectivity index (χ3n) is 9.56. The Hall–Kier alpha value is -4.05. The number of rotatable bonds is 12. The van der Waals surface area contributed by atoms with Gasteiger partial charge in [0.05, 0.1) is 25.4 Å². The number of likely N-dealkylation sites (tertiary alicyclic amines) is 1. The lowest BCUT2D eigenvalue weighted by Crippen LogP contribution is -2.46. The molecule has 8 heteroatoms. The lowest BCUT2D eigenvalue weighted by molar-refractivity contribution is -0.276. The number of ether oxygens (including phenoxy) is 3. The highest BCUT2D eigenvalue weighted by Gasteiger charge is 2.40. The molecule has 6 rings (SSSR count). The zero-order chi connectivity index (χ0) is 33.3. The van der Waals surface area contributed by atoms with E-state index in [1.807, 2.05) is 60.7 Å². The molecule has 0 spiro atoms. The molecule has 4 aromatic rings. The van der Waals surface area contributed by atoms with E-state index < -0.39 is 6.29 Å². The van der Waals surface area contributed by atoms with E-state index in [1.165, 1.54) is 0 Å². The molecule has 0 bridgehead atoms. The van der Waals surface area contributed by atoms with Crippen molar-refractivity contribution in [1.29, 1.82) is 0 Å². The van der Waals surface area contributed by atoms with Crippen molar-refractivity contribution in [3.63, 3.8) is 0 Å². The number of carbonyl (C=O) groups is 1. The Morgan fingerprint density at radius 2 is 1.54 bits per heavy atom. The largest absolute Gasteiger partial charge is 0.392 e. The number of aliphatic hydroxyl groups excluding tert-OH is 1. The van der Waals surface area contributed by atoms with Crippen LogP contribution in [0.5, 0.6) is 0 Å². The minimum atomic E-state index is -0.546. The van der Waals surface area contributed by atoms with E-state index >= 15 is 0 Å². The first-order valence-corrected chi connectivity index (χ1v) is 17.0. The summed E-state index contributed by atoms with van der Waals surface area (Å²) < 4.78 is 19.1. The molecule has 2 saturated heterocycles. The Bertz CT molecular complexity index is 1610. The second-order valence-electron chi connectivity index (χ2n) is 12.9. The molecule has 48 heavy (non-hydrogen) atoms. The normalized spacial score (nSPS) is 22.8. The summed E-state index contributed by atoms with van der Waals surface area (Å²) in [6.07, 6.45) is 1.53. The van der Waals surface area contributed by atoms with Crippen LogP contribution >= 0.6 is 0 Å². The zero-order valence-corrected chi connectivity index (χ0v) is 27.9. The average Bonchev–Trinajstić information content (AvgIpc) is 3.57. The third kappa shape index (κ3) is 8.50. The van der Waals surface area contributed by atoms with Crippen LogP contribution < -0.4 is 10.6 Å². The van der Waals surface area contributed by atoms with E-state index in [1.54, 1.807) is 7.11 Å². The quantitative estimate of drug-likeness (QED) is 0.157. The Kier molecular flexibility index (Phi) is 11.5. The van der Waals surface area contributed by atoms with Crippen molar-refractivity contribution in [2.24, 2.45) is 5.92 Å². The summed E-state index contributed by atoms with van der Waals surface area (Å²) in [5, 5.41) is 15.5. The first-order valence-electron chi connectivity index (χ1n) is 17.0.